The third-order valence-electron chi connectivity index (χ3n) is 9.65. The molecule has 1 saturated heterocycles. The van der Waals surface area contributed by atoms with Crippen LogP contribution in [0.25, 0.3) is 11.1 Å². The molecule has 1 heterocycles. The maximum Gasteiger partial charge on any atom is 0.330 e. The normalized spacial score (nSPS) is 25.5. The molecule has 0 bridgehead atoms. The Bertz CT molecular complexity index is 1540. The van der Waals surface area contributed by atoms with Gasteiger partial charge in [0.2, 0.25) is 17.7 Å². The number of likely N-dealkylation sites (tertiary alicyclic amines) is 1. The van der Waals surface area contributed by atoms with Crippen molar-refractivity contribution in [3.8, 4) is 11.1 Å². The van der Waals surface area contributed by atoms with Crippen LogP contribution in [-0.4, -0.2) is 80.0 Å². The molecule has 0 radical (unpaired) electrons. The molecule has 3 N–H and O–H groups in total. The van der Waals surface area contributed by atoms with Crippen LogP contribution in [-0.2, 0) is 24.0 Å². The summed E-state index contributed by atoms with van der Waals surface area (Å²) in [5.74, 6) is -4.21. The maximum absolute atomic E-state index is 14.1. The van der Waals surface area contributed by atoms with Crippen molar-refractivity contribution in [2.45, 2.75) is 69.7 Å². The topological polar surface area (TPSA) is 149 Å². The lowest BCUT2D eigenvalue weighted by atomic mass is 9.84. The zero-order chi connectivity index (χ0) is 32.0. The fourth-order valence-corrected chi connectivity index (χ4v) is 6.73. The summed E-state index contributed by atoms with van der Waals surface area (Å²) < 4.78 is 0. The lowest BCUT2D eigenvalue weighted by Crippen LogP contribution is -2.58. The first-order valence-corrected chi connectivity index (χ1v) is 15.5. The number of aliphatic carboxylic acids is 1. The lowest BCUT2D eigenvalue weighted by molar-refractivity contribution is -0.193. The average Bonchev–Trinajstić information content (AvgIpc) is 3.39. The molecule has 1 aliphatic heterocycles. The number of oxime groups is 1. The van der Waals surface area contributed by atoms with Crippen LogP contribution in [0.15, 0.2) is 66.3 Å². The number of rotatable bonds is 10. The van der Waals surface area contributed by atoms with E-state index in [1.54, 1.807) is 13.8 Å². The van der Waals surface area contributed by atoms with Crippen LogP contribution in [0.4, 0.5) is 0 Å². The summed E-state index contributed by atoms with van der Waals surface area (Å²) in [4.78, 5) is 60.3. The number of nitrogens with one attached hydrogen (secondary N) is 1. The highest BCUT2D eigenvalue weighted by Gasteiger charge is 2.61. The Morgan fingerprint density at radius 3 is 2.16 bits per heavy atom. The Labute approximate surface area is 261 Å². The summed E-state index contributed by atoms with van der Waals surface area (Å²) in [7, 11) is 0. The molecule has 2 aromatic rings. The minimum absolute atomic E-state index is 0.0406. The van der Waals surface area contributed by atoms with Gasteiger partial charge in [0.05, 0.1) is 6.54 Å². The Balaban J connectivity index is 1.28. The van der Waals surface area contributed by atoms with Gasteiger partial charge < -0.3 is 20.2 Å². The quantitative estimate of drug-likeness (QED) is 0.180. The zero-order valence-corrected chi connectivity index (χ0v) is 25.4. The predicted molar refractivity (Wildman–Crippen MR) is 164 cm³/mol. The van der Waals surface area contributed by atoms with E-state index >= 15 is 0 Å². The van der Waals surface area contributed by atoms with Crippen LogP contribution in [0, 0.1) is 17.8 Å². The van der Waals surface area contributed by atoms with Crippen LogP contribution >= 0.6 is 0 Å². The standard InChI is InChI=1S/C34H38N4O7/c1-4-21-17-34(21,33(42)43)35-30(39)27-16-22(18-37(27)32(41)29(19(2)3)38(44)31(40)20-10-9-11-20)45-36-28-25-14-7-5-12-23(25)24-13-6-8-15-26(24)28/h4-8,12-15,19-22,27,29,44H,1,9-11,16-18H2,2-3H3,(H,35,39)(H,42,43)/t21-,22-,27+,29-,34+/m1/s1. The van der Waals surface area contributed by atoms with Gasteiger partial charge in [0.15, 0.2) is 0 Å². The van der Waals surface area contributed by atoms with Crippen LogP contribution in [0.3, 0.4) is 0 Å². The minimum atomic E-state index is -1.50. The van der Waals surface area contributed by atoms with Crippen LogP contribution < -0.4 is 5.32 Å². The second-order valence-electron chi connectivity index (χ2n) is 12.8. The number of amides is 3. The first-order valence-electron chi connectivity index (χ1n) is 15.5. The van der Waals surface area contributed by atoms with Gasteiger partial charge in [0, 0.05) is 29.4 Å². The van der Waals surface area contributed by atoms with E-state index in [0.29, 0.717) is 23.6 Å². The van der Waals surface area contributed by atoms with Crippen molar-refractivity contribution >= 4 is 29.4 Å². The monoisotopic (exact) mass is 614 g/mol. The van der Waals surface area contributed by atoms with Gasteiger partial charge in [-0.3, -0.25) is 19.6 Å². The SMILES string of the molecule is C=C[C@@H]1C[C@@]1(NC(=O)[C@@H]1C[C@@H](ON=C2c3ccccc3-c3ccccc32)CN1C(=O)[C@@H](C(C)C)N(O)C(=O)C1CCC1)C(=O)O. The number of hydrogen-bond donors (Lipinski definition) is 3. The van der Waals surface area contributed by atoms with Gasteiger partial charge in [-0.05, 0) is 36.3 Å². The molecule has 6 rings (SSSR count). The van der Waals surface area contributed by atoms with Crippen molar-refractivity contribution in [3.05, 3.63) is 72.3 Å². The molecule has 0 unspecified atom stereocenters. The molecule has 4 aliphatic rings. The van der Waals surface area contributed by atoms with Gasteiger partial charge in [-0.25, -0.2) is 9.86 Å². The summed E-state index contributed by atoms with van der Waals surface area (Å²) >= 11 is 0. The van der Waals surface area contributed by atoms with Crippen molar-refractivity contribution in [2.75, 3.05) is 6.54 Å². The summed E-state index contributed by atoms with van der Waals surface area (Å²) in [6.07, 6.45) is 3.19. The minimum Gasteiger partial charge on any atom is -0.479 e. The van der Waals surface area contributed by atoms with Crippen LogP contribution in [0.2, 0.25) is 0 Å². The second-order valence-corrected chi connectivity index (χ2v) is 12.8. The van der Waals surface area contributed by atoms with E-state index in [1.165, 1.54) is 11.0 Å². The predicted octanol–water partition coefficient (Wildman–Crippen LogP) is 3.59. The fraction of sp³-hybridized carbons (Fsp3) is 0.441. The van der Waals surface area contributed by atoms with Crippen molar-refractivity contribution in [3.63, 3.8) is 0 Å². The van der Waals surface area contributed by atoms with E-state index in [9.17, 15) is 29.5 Å². The number of fused-ring (bicyclic) bond motifs is 3. The molecule has 11 nitrogen and oxygen atoms in total. The Kier molecular flexibility index (Phi) is 7.98. The largest absolute Gasteiger partial charge is 0.479 e. The van der Waals surface area contributed by atoms with Gasteiger partial charge >= 0.3 is 5.97 Å². The van der Waals surface area contributed by atoms with E-state index in [0.717, 1.165) is 28.7 Å². The summed E-state index contributed by atoms with van der Waals surface area (Å²) in [5, 5.41) is 28.6. The van der Waals surface area contributed by atoms with Gasteiger partial charge in [-0.2, -0.15) is 0 Å². The number of carboxylic acid groups (broad SMARTS) is 1. The maximum atomic E-state index is 14.1. The fourth-order valence-electron chi connectivity index (χ4n) is 6.73. The number of hydrogen-bond acceptors (Lipinski definition) is 7. The molecule has 5 atom stereocenters. The summed E-state index contributed by atoms with van der Waals surface area (Å²) in [6.45, 7) is 7.08. The second kappa shape index (κ2) is 11.8. The van der Waals surface area contributed by atoms with E-state index in [2.05, 4.69) is 17.1 Å². The number of benzene rings is 2. The van der Waals surface area contributed by atoms with Gasteiger partial charge in [-0.15, -0.1) is 6.58 Å². The lowest BCUT2D eigenvalue weighted by Gasteiger charge is -2.36. The summed E-state index contributed by atoms with van der Waals surface area (Å²) in [5.41, 5.74) is 2.99. The number of carbonyl (C=O) groups excluding carboxylic acids is 3. The van der Waals surface area contributed by atoms with Gasteiger partial charge in [-0.1, -0.05) is 80.0 Å². The Morgan fingerprint density at radius 2 is 1.67 bits per heavy atom. The van der Waals surface area contributed by atoms with Gasteiger partial charge in [0.1, 0.15) is 29.4 Å². The van der Waals surface area contributed by atoms with E-state index in [4.69, 9.17) is 4.84 Å². The molecule has 2 aromatic carbocycles. The van der Waals surface area contributed by atoms with Crippen molar-refractivity contribution < 1.29 is 34.3 Å². The number of carboxylic acids is 1. The smallest absolute Gasteiger partial charge is 0.330 e. The van der Waals surface area contributed by atoms with E-state index < -0.39 is 59.3 Å². The molecule has 236 valence electrons. The highest BCUT2D eigenvalue weighted by molar-refractivity contribution is 6.24. The molecular weight excluding hydrogens is 576 g/mol. The Hall–Kier alpha value is -4.51. The molecule has 3 fully saturated rings. The molecule has 2 saturated carbocycles. The summed E-state index contributed by atoms with van der Waals surface area (Å²) in [6, 6.07) is 13.3. The molecule has 11 heteroatoms. The Morgan fingerprint density at radius 1 is 1.07 bits per heavy atom. The van der Waals surface area contributed by atoms with Gasteiger partial charge in [0.25, 0.3) is 0 Å². The van der Waals surface area contributed by atoms with E-state index in [1.807, 2.05) is 48.5 Å². The molecular formula is C34H38N4O7. The molecule has 45 heavy (non-hydrogen) atoms. The third kappa shape index (κ3) is 5.28. The molecule has 3 amide bonds. The van der Waals surface area contributed by atoms with Crippen LogP contribution in [0.5, 0.6) is 0 Å². The van der Waals surface area contributed by atoms with Crippen LogP contribution in [0.1, 0.15) is 57.1 Å². The molecule has 3 aliphatic carbocycles. The highest BCUT2D eigenvalue weighted by atomic mass is 16.6. The third-order valence-corrected chi connectivity index (χ3v) is 9.65. The van der Waals surface area contributed by atoms with Crippen molar-refractivity contribution in [2.24, 2.45) is 22.9 Å². The highest BCUT2D eigenvalue weighted by Crippen LogP contribution is 2.45. The molecule has 0 aromatic heterocycles. The van der Waals surface area contributed by atoms with E-state index in [-0.39, 0.29) is 25.3 Å². The average molecular weight is 615 g/mol. The molecule has 0 spiro atoms. The number of nitrogens with zero attached hydrogens (tertiary/aromatic N) is 3. The number of carbonyl (C=O) groups is 4. The first-order chi connectivity index (χ1) is 21.6. The van der Waals surface area contributed by atoms with Crippen molar-refractivity contribution in [1.29, 1.82) is 0 Å². The van der Waals surface area contributed by atoms with Crippen molar-refractivity contribution in [1.82, 2.24) is 15.3 Å². The number of hydroxylamine groups is 2. The zero-order valence-electron chi connectivity index (χ0n) is 25.4. The first kappa shape index (κ1) is 30.5.